The molecule has 0 atom stereocenters. The minimum absolute atomic E-state index is 0.137. The van der Waals surface area contributed by atoms with E-state index in [2.05, 4.69) is 15.5 Å². The fourth-order valence-electron chi connectivity index (χ4n) is 2.09. The van der Waals surface area contributed by atoms with E-state index in [4.69, 9.17) is 16.1 Å². The zero-order valence-electron chi connectivity index (χ0n) is 12.8. The minimum Gasteiger partial charge on any atom is -0.343 e. The van der Waals surface area contributed by atoms with E-state index in [1.165, 1.54) is 0 Å². The van der Waals surface area contributed by atoms with Gasteiger partial charge >= 0.3 is 0 Å². The third kappa shape index (κ3) is 3.77. The second-order valence-corrected chi connectivity index (χ2v) is 6.19. The van der Waals surface area contributed by atoms with Crippen molar-refractivity contribution in [3.8, 4) is 11.4 Å². The van der Waals surface area contributed by atoms with E-state index in [-0.39, 0.29) is 12.5 Å². The van der Waals surface area contributed by atoms with Crippen LogP contribution in [0.4, 0.5) is 0 Å². The summed E-state index contributed by atoms with van der Waals surface area (Å²) in [5.74, 6) is 0.539. The second-order valence-electron chi connectivity index (χ2n) is 4.91. The van der Waals surface area contributed by atoms with Crippen LogP contribution in [0.2, 0.25) is 5.02 Å². The van der Waals surface area contributed by atoms with Crippen LogP contribution in [0.3, 0.4) is 0 Å². The lowest BCUT2D eigenvalue weighted by Gasteiger charge is -2.06. The Kier molecular flexibility index (Phi) is 5.17. The standard InChI is InChI=1S/C17H14ClN3O2S/c1-24-12-7-8-14(18)13(9-12)17(22)19-10-15-20-16(21-23-15)11-5-3-2-4-6-11/h2-9H,10H2,1H3,(H,19,22). The average Bonchev–Trinajstić information content (AvgIpc) is 3.10. The quantitative estimate of drug-likeness (QED) is 0.696. The molecule has 0 saturated carbocycles. The number of aromatic nitrogens is 2. The van der Waals surface area contributed by atoms with E-state index in [9.17, 15) is 4.79 Å². The molecule has 0 radical (unpaired) electrons. The fourth-order valence-corrected chi connectivity index (χ4v) is 2.73. The van der Waals surface area contributed by atoms with Crippen LogP contribution in [0.25, 0.3) is 11.4 Å². The molecule has 3 rings (SSSR count). The van der Waals surface area contributed by atoms with Crippen LogP contribution in [0.5, 0.6) is 0 Å². The van der Waals surface area contributed by atoms with Crippen LogP contribution in [0.15, 0.2) is 57.9 Å². The highest BCUT2D eigenvalue weighted by Crippen LogP contribution is 2.23. The summed E-state index contributed by atoms with van der Waals surface area (Å²) in [6.45, 7) is 0.137. The van der Waals surface area contributed by atoms with Gasteiger partial charge in [-0.05, 0) is 24.5 Å². The molecule has 1 heterocycles. The molecular weight excluding hydrogens is 346 g/mol. The highest BCUT2D eigenvalue weighted by atomic mass is 35.5. The van der Waals surface area contributed by atoms with E-state index >= 15 is 0 Å². The Hall–Kier alpha value is -2.31. The largest absolute Gasteiger partial charge is 0.343 e. The molecule has 1 aromatic heterocycles. The molecule has 0 spiro atoms. The summed E-state index contributed by atoms with van der Waals surface area (Å²) >= 11 is 7.64. The molecule has 2 aromatic carbocycles. The number of benzene rings is 2. The lowest BCUT2D eigenvalue weighted by molar-refractivity contribution is 0.0946. The van der Waals surface area contributed by atoms with Crippen molar-refractivity contribution >= 4 is 29.3 Å². The molecule has 0 saturated heterocycles. The van der Waals surface area contributed by atoms with Crippen molar-refractivity contribution in [3.63, 3.8) is 0 Å². The van der Waals surface area contributed by atoms with Crippen molar-refractivity contribution in [3.05, 3.63) is 65.0 Å². The molecule has 3 aromatic rings. The maximum atomic E-state index is 12.3. The minimum atomic E-state index is -0.282. The highest BCUT2D eigenvalue weighted by Gasteiger charge is 2.13. The number of nitrogens with one attached hydrogen (secondary N) is 1. The Labute approximate surface area is 148 Å². The first-order valence-electron chi connectivity index (χ1n) is 7.17. The molecule has 0 aliphatic carbocycles. The maximum Gasteiger partial charge on any atom is 0.253 e. The summed E-state index contributed by atoms with van der Waals surface area (Å²) in [6.07, 6.45) is 1.94. The van der Waals surface area contributed by atoms with E-state index < -0.39 is 0 Å². The van der Waals surface area contributed by atoms with Gasteiger partial charge in [0.2, 0.25) is 11.7 Å². The Morgan fingerprint density at radius 1 is 1.25 bits per heavy atom. The van der Waals surface area contributed by atoms with Gasteiger partial charge in [0.05, 0.1) is 17.1 Å². The van der Waals surface area contributed by atoms with Gasteiger partial charge in [0.15, 0.2) is 0 Å². The van der Waals surface area contributed by atoms with Crippen LogP contribution < -0.4 is 5.32 Å². The van der Waals surface area contributed by atoms with Gasteiger partial charge in [-0.2, -0.15) is 4.98 Å². The highest BCUT2D eigenvalue weighted by molar-refractivity contribution is 7.98. The van der Waals surface area contributed by atoms with Crippen molar-refractivity contribution in [1.29, 1.82) is 0 Å². The predicted molar refractivity (Wildman–Crippen MR) is 94.1 cm³/mol. The molecule has 122 valence electrons. The summed E-state index contributed by atoms with van der Waals surface area (Å²) in [6, 6.07) is 14.8. The maximum absolute atomic E-state index is 12.3. The monoisotopic (exact) mass is 359 g/mol. The van der Waals surface area contributed by atoms with Crippen molar-refractivity contribution in [2.24, 2.45) is 0 Å². The van der Waals surface area contributed by atoms with Gasteiger partial charge in [-0.1, -0.05) is 47.1 Å². The third-order valence-electron chi connectivity index (χ3n) is 3.32. The molecule has 0 fully saturated rings. The third-order valence-corrected chi connectivity index (χ3v) is 4.37. The number of halogens is 1. The number of hydrogen-bond donors (Lipinski definition) is 1. The van der Waals surface area contributed by atoms with Crippen LogP contribution >= 0.6 is 23.4 Å². The first-order valence-corrected chi connectivity index (χ1v) is 8.77. The lowest BCUT2D eigenvalue weighted by atomic mass is 10.2. The van der Waals surface area contributed by atoms with Crippen LogP contribution in [-0.4, -0.2) is 22.3 Å². The topological polar surface area (TPSA) is 68.0 Å². The molecule has 0 unspecified atom stereocenters. The van der Waals surface area contributed by atoms with Crippen molar-refractivity contribution in [1.82, 2.24) is 15.5 Å². The molecular formula is C17H14ClN3O2S. The Morgan fingerprint density at radius 2 is 2.04 bits per heavy atom. The Bertz CT molecular complexity index is 852. The Morgan fingerprint density at radius 3 is 2.79 bits per heavy atom. The summed E-state index contributed by atoms with van der Waals surface area (Å²) in [5.41, 5.74) is 1.28. The average molecular weight is 360 g/mol. The van der Waals surface area contributed by atoms with E-state index in [1.54, 1.807) is 23.9 Å². The predicted octanol–water partition coefficient (Wildman–Crippen LogP) is 4.04. The SMILES string of the molecule is CSc1ccc(Cl)c(C(=O)NCc2nc(-c3ccccc3)no2)c1. The molecule has 0 aliphatic heterocycles. The first kappa shape index (κ1) is 16.5. The van der Waals surface area contributed by atoms with Gasteiger partial charge in [-0.15, -0.1) is 11.8 Å². The number of thioether (sulfide) groups is 1. The van der Waals surface area contributed by atoms with Crippen molar-refractivity contribution in [2.45, 2.75) is 11.4 Å². The molecule has 0 bridgehead atoms. The van der Waals surface area contributed by atoms with Crippen molar-refractivity contribution in [2.75, 3.05) is 6.26 Å². The van der Waals surface area contributed by atoms with Gasteiger partial charge in [0, 0.05) is 10.5 Å². The molecule has 1 N–H and O–H groups in total. The summed E-state index contributed by atoms with van der Waals surface area (Å²) in [7, 11) is 0. The normalized spacial score (nSPS) is 10.6. The summed E-state index contributed by atoms with van der Waals surface area (Å²) in [4.78, 5) is 17.5. The second kappa shape index (κ2) is 7.51. The zero-order chi connectivity index (χ0) is 16.9. The number of carbonyl (C=O) groups is 1. The van der Waals surface area contributed by atoms with E-state index in [0.717, 1.165) is 10.5 Å². The zero-order valence-corrected chi connectivity index (χ0v) is 14.4. The number of hydrogen-bond acceptors (Lipinski definition) is 5. The fraction of sp³-hybridized carbons (Fsp3) is 0.118. The number of nitrogens with zero attached hydrogens (tertiary/aromatic N) is 2. The first-order chi connectivity index (χ1) is 11.7. The van der Waals surface area contributed by atoms with E-state index in [1.807, 2.05) is 42.7 Å². The summed E-state index contributed by atoms with van der Waals surface area (Å²) in [5, 5.41) is 7.06. The van der Waals surface area contributed by atoms with Gasteiger partial charge in [0.25, 0.3) is 5.91 Å². The molecule has 1 amide bonds. The molecule has 24 heavy (non-hydrogen) atoms. The van der Waals surface area contributed by atoms with Crippen LogP contribution in [-0.2, 0) is 6.54 Å². The van der Waals surface area contributed by atoms with Gasteiger partial charge in [-0.25, -0.2) is 0 Å². The molecule has 0 aliphatic rings. The number of amides is 1. The number of rotatable bonds is 5. The van der Waals surface area contributed by atoms with Crippen LogP contribution in [0, 0.1) is 0 Å². The van der Waals surface area contributed by atoms with Gasteiger partial charge in [0.1, 0.15) is 0 Å². The van der Waals surface area contributed by atoms with Gasteiger partial charge < -0.3 is 9.84 Å². The van der Waals surface area contributed by atoms with E-state index in [0.29, 0.717) is 22.3 Å². The van der Waals surface area contributed by atoms with Gasteiger partial charge in [-0.3, -0.25) is 4.79 Å². The smallest absolute Gasteiger partial charge is 0.253 e. The van der Waals surface area contributed by atoms with Crippen molar-refractivity contribution < 1.29 is 9.32 Å². The summed E-state index contributed by atoms with van der Waals surface area (Å²) < 4.78 is 5.17. The van der Waals surface area contributed by atoms with Crippen LogP contribution in [0.1, 0.15) is 16.2 Å². The lowest BCUT2D eigenvalue weighted by Crippen LogP contribution is -2.23. The number of carbonyl (C=O) groups excluding carboxylic acids is 1. The Balaban J connectivity index is 1.68. The molecule has 5 nitrogen and oxygen atoms in total. The molecule has 7 heteroatoms.